The van der Waals surface area contributed by atoms with Crippen molar-refractivity contribution in [2.45, 2.75) is 6.42 Å². The van der Waals surface area contributed by atoms with Crippen molar-refractivity contribution >= 4 is 55.9 Å². The molecule has 0 saturated heterocycles. The summed E-state index contributed by atoms with van der Waals surface area (Å²) in [5.41, 5.74) is 0.899. The summed E-state index contributed by atoms with van der Waals surface area (Å²) in [6.07, 6.45) is 0.118. The molecule has 0 spiro atoms. The fourth-order valence-electron chi connectivity index (χ4n) is 0.918. The summed E-state index contributed by atoms with van der Waals surface area (Å²) >= 11 is 9.74. The van der Waals surface area contributed by atoms with E-state index in [9.17, 15) is 4.79 Å². The second-order valence-electron chi connectivity index (χ2n) is 2.91. The maximum absolute atomic E-state index is 10.3. The standard InChI is InChI=1S/C10H10BrNO2S2/c11-7-1-3-8(4-2-7)12-10(15)16-6-5-9(13)14/h1-4H,5-6H2,(H,12,15)(H,13,14). The monoisotopic (exact) mass is 319 g/mol. The molecule has 86 valence electrons. The average molecular weight is 320 g/mol. The molecule has 0 fully saturated rings. The number of aliphatic carboxylic acids is 1. The number of thioether (sulfide) groups is 1. The van der Waals surface area contributed by atoms with E-state index >= 15 is 0 Å². The smallest absolute Gasteiger partial charge is 0.304 e. The molecule has 0 aliphatic heterocycles. The first-order chi connectivity index (χ1) is 7.58. The molecule has 0 aliphatic rings. The molecule has 3 nitrogen and oxygen atoms in total. The van der Waals surface area contributed by atoms with Gasteiger partial charge in [-0.1, -0.05) is 39.9 Å². The molecule has 0 heterocycles. The molecule has 1 aromatic rings. The van der Waals surface area contributed by atoms with Crippen molar-refractivity contribution in [3.63, 3.8) is 0 Å². The van der Waals surface area contributed by atoms with Crippen molar-refractivity contribution in [3.05, 3.63) is 28.7 Å². The molecule has 0 amide bonds. The van der Waals surface area contributed by atoms with Gasteiger partial charge < -0.3 is 10.4 Å². The number of carbonyl (C=O) groups is 1. The van der Waals surface area contributed by atoms with Crippen LogP contribution in [0, 0.1) is 0 Å². The number of hydrogen-bond donors (Lipinski definition) is 2. The Kier molecular flexibility index (Phi) is 5.79. The van der Waals surface area contributed by atoms with Gasteiger partial charge in [0.25, 0.3) is 0 Å². The van der Waals surface area contributed by atoms with Crippen molar-refractivity contribution in [1.29, 1.82) is 0 Å². The number of carboxylic acid groups (broad SMARTS) is 1. The van der Waals surface area contributed by atoms with Crippen molar-refractivity contribution in [2.75, 3.05) is 11.1 Å². The predicted octanol–water partition coefficient (Wildman–Crippen LogP) is 3.35. The highest BCUT2D eigenvalue weighted by atomic mass is 79.9. The van der Waals surface area contributed by atoms with E-state index in [4.69, 9.17) is 17.3 Å². The minimum Gasteiger partial charge on any atom is -0.481 e. The summed E-state index contributed by atoms with van der Waals surface area (Å²) in [5, 5.41) is 11.5. The van der Waals surface area contributed by atoms with E-state index < -0.39 is 5.97 Å². The SMILES string of the molecule is O=C(O)CCSC(=S)Nc1ccc(Br)cc1. The molecule has 1 rings (SSSR count). The fourth-order valence-corrected chi connectivity index (χ4v) is 2.20. The highest BCUT2D eigenvalue weighted by Gasteiger charge is 2.01. The van der Waals surface area contributed by atoms with Crippen molar-refractivity contribution in [1.82, 2.24) is 0 Å². The van der Waals surface area contributed by atoms with Gasteiger partial charge in [-0.3, -0.25) is 4.79 Å². The lowest BCUT2D eigenvalue weighted by atomic mass is 10.3. The first kappa shape index (κ1) is 13.5. The highest BCUT2D eigenvalue weighted by Crippen LogP contribution is 2.16. The van der Waals surface area contributed by atoms with Gasteiger partial charge in [0.15, 0.2) is 0 Å². The number of hydrogen-bond acceptors (Lipinski definition) is 3. The van der Waals surface area contributed by atoms with Crippen LogP contribution >= 0.6 is 39.9 Å². The Morgan fingerprint density at radius 1 is 1.44 bits per heavy atom. The summed E-state index contributed by atoms with van der Waals surface area (Å²) in [6, 6.07) is 7.61. The Hall–Kier alpha value is -0.590. The molecule has 6 heteroatoms. The molecule has 0 radical (unpaired) electrons. The van der Waals surface area contributed by atoms with Crippen LogP contribution in [0.1, 0.15) is 6.42 Å². The van der Waals surface area contributed by atoms with Crippen LogP contribution in [-0.2, 0) is 4.79 Å². The molecule has 2 N–H and O–H groups in total. The van der Waals surface area contributed by atoms with Gasteiger partial charge in [0.1, 0.15) is 4.32 Å². The largest absolute Gasteiger partial charge is 0.481 e. The van der Waals surface area contributed by atoms with Crippen molar-refractivity contribution < 1.29 is 9.90 Å². The third kappa shape index (κ3) is 5.48. The topological polar surface area (TPSA) is 49.3 Å². The predicted molar refractivity (Wildman–Crippen MR) is 75.1 cm³/mol. The zero-order valence-electron chi connectivity index (χ0n) is 8.27. The number of anilines is 1. The van der Waals surface area contributed by atoms with E-state index in [-0.39, 0.29) is 6.42 Å². The summed E-state index contributed by atoms with van der Waals surface area (Å²) in [4.78, 5) is 10.3. The van der Waals surface area contributed by atoms with Crippen LogP contribution in [0.25, 0.3) is 0 Å². The number of thiocarbonyl (C=S) groups is 1. The fraction of sp³-hybridized carbons (Fsp3) is 0.200. The second-order valence-corrected chi connectivity index (χ2v) is 5.60. The molecule has 0 bridgehead atoms. The van der Waals surface area contributed by atoms with Crippen molar-refractivity contribution in [2.24, 2.45) is 0 Å². The summed E-state index contributed by atoms with van der Waals surface area (Å²) < 4.78 is 1.59. The lowest BCUT2D eigenvalue weighted by molar-refractivity contribution is -0.136. The average Bonchev–Trinajstić information content (AvgIpc) is 2.21. The van der Waals surface area contributed by atoms with Gasteiger partial charge in [-0.25, -0.2) is 0 Å². The zero-order valence-corrected chi connectivity index (χ0v) is 11.5. The quantitative estimate of drug-likeness (QED) is 0.833. The van der Waals surface area contributed by atoms with Crippen LogP contribution in [-0.4, -0.2) is 21.1 Å². The van der Waals surface area contributed by atoms with E-state index in [1.807, 2.05) is 24.3 Å². The number of carboxylic acids is 1. The number of rotatable bonds is 4. The Bertz CT molecular complexity index is 381. The van der Waals surface area contributed by atoms with Gasteiger partial charge >= 0.3 is 5.97 Å². The molecule has 1 aromatic carbocycles. The van der Waals surface area contributed by atoms with Gasteiger partial charge in [0, 0.05) is 15.9 Å². The summed E-state index contributed by atoms with van der Waals surface area (Å²) in [5.74, 6) is -0.323. The van der Waals surface area contributed by atoms with Crippen LogP contribution in [0.15, 0.2) is 28.7 Å². The molecule has 0 saturated carbocycles. The van der Waals surface area contributed by atoms with Crippen LogP contribution in [0.5, 0.6) is 0 Å². The summed E-state index contributed by atoms with van der Waals surface area (Å²) in [6.45, 7) is 0. The molecule has 0 unspecified atom stereocenters. The number of nitrogens with one attached hydrogen (secondary N) is 1. The van der Waals surface area contributed by atoms with Gasteiger partial charge in [-0.15, -0.1) is 0 Å². The highest BCUT2D eigenvalue weighted by molar-refractivity contribution is 9.10. The summed E-state index contributed by atoms with van der Waals surface area (Å²) in [7, 11) is 0. The lowest BCUT2D eigenvalue weighted by Gasteiger charge is -2.06. The van der Waals surface area contributed by atoms with Gasteiger partial charge in [-0.05, 0) is 24.3 Å². The number of halogens is 1. The minimum absolute atomic E-state index is 0.118. The van der Waals surface area contributed by atoms with Crippen molar-refractivity contribution in [3.8, 4) is 0 Å². The van der Waals surface area contributed by atoms with Crippen LogP contribution in [0.2, 0.25) is 0 Å². The van der Waals surface area contributed by atoms with E-state index in [1.54, 1.807) is 0 Å². The van der Waals surface area contributed by atoms with Gasteiger partial charge in [0.05, 0.1) is 6.42 Å². The van der Waals surface area contributed by atoms with E-state index in [0.717, 1.165) is 10.2 Å². The van der Waals surface area contributed by atoms with Crippen LogP contribution in [0.4, 0.5) is 5.69 Å². The lowest BCUT2D eigenvalue weighted by Crippen LogP contribution is -2.06. The van der Waals surface area contributed by atoms with E-state index in [2.05, 4.69) is 21.2 Å². The molecule has 16 heavy (non-hydrogen) atoms. The van der Waals surface area contributed by atoms with Crippen LogP contribution in [0.3, 0.4) is 0 Å². The minimum atomic E-state index is -0.807. The molecular weight excluding hydrogens is 310 g/mol. The molecule has 0 atom stereocenters. The van der Waals surface area contributed by atoms with E-state index in [0.29, 0.717) is 10.1 Å². The molecular formula is C10H10BrNO2S2. The molecule has 0 aromatic heterocycles. The number of benzene rings is 1. The van der Waals surface area contributed by atoms with Crippen LogP contribution < -0.4 is 5.32 Å². The zero-order chi connectivity index (χ0) is 12.0. The Morgan fingerprint density at radius 3 is 2.62 bits per heavy atom. The second kappa shape index (κ2) is 6.88. The normalized spacial score (nSPS) is 9.81. The van der Waals surface area contributed by atoms with E-state index in [1.165, 1.54) is 11.8 Å². The third-order valence-electron chi connectivity index (χ3n) is 1.64. The third-order valence-corrected chi connectivity index (χ3v) is 3.40. The molecule has 0 aliphatic carbocycles. The first-order valence-electron chi connectivity index (χ1n) is 4.49. The maximum Gasteiger partial charge on any atom is 0.304 e. The Morgan fingerprint density at radius 2 is 2.06 bits per heavy atom. The van der Waals surface area contributed by atoms with Gasteiger partial charge in [-0.2, -0.15) is 0 Å². The Balaban J connectivity index is 2.34. The first-order valence-corrected chi connectivity index (χ1v) is 6.68. The van der Waals surface area contributed by atoms with Gasteiger partial charge in [0.2, 0.25) is 0 Å². The maximum atomic E-state index is 10.3. The Labute approximate surface area is 112 Å².